The molecule has 0 aliphatic carbocycles. The predicted molar refractivity (Wildman–Crippen MR) is 119 cm³/mol. The molecule has 2 aliphatic rings. The Balaban J connectivity index is 1.32. The highest BCUT2D eigenvalue weighted by Gasteiger charge is 2.37. The Hall–Kier alpha value is -1.35. The van der Waals surface area contributed by atoms with E-state index in [1.807, 2.05) is 12.1 Å². The lowest BCUT2D eigenvalue weighted by Crippen LogP contribution is -2.45. The highest BCUT2D eigenvalue weighted by Crippen LogP contribution is 2.34. The van der Waals surface area contributed by atoms with Crippen LogP contribution in [0.1, 0.15) is 43.7 Å². The van der Waals surface area contributed by atoms with Crippen molar-refractivity contribution in [3.05, 3.63) is 70.7 Å². The molecule has 150 valence electrons. The first-order chi connectivity index (χ1) is 13.6. The molecule has 0 aromatic heterocycles. The van der Waals surface area contributed by atoms with Crippen molar-refractivity contribution in [1.29, 1.82) is 0 Å². The molecule has 0 bridgehead atoms. The van der Waals surface area contributed by atoms with E-state index in [9.17, 15) is 0 Å². The Labute approximate surface area is 175 Å². The second-order valence-electron chi connectivity index (χ2n) is 8.89. The molecule has 2 saturated heterocycles. The zero-order valence-corrected chi connectivity index (χ0v) is 18.0. The van der Waals surface area contributed by atoms with Crippen LogP contribution >= 0.6 is 11.6 Å². The molecule has 0 saturated carbocycles. The molecule has 0 amide bonds. The van der Waals surface area contributed by atoms with Gasteiger partial charge in [0.2, 0.25) is 0 Å². The molecule has 0 radical (unpaired) electrons. The monoisotopic (exact) mass is 396 g/mol. The summed E-state index contributed by atoms with van der Waals surface area (Å²) in [4.78, 5) is 5.35. The van der Waals surface area contributed by atoms with Crippen LogP contribution < -0.4 is 0 Å². The van der Waals surface area contributed by atoms with Gasteiger partial charge in [-0.1, -0.05) is 67.1 Å². The van der Waals surface area contributed by atoms with Gasteiger partial charge in [-0.05, 0) is 67.8 Å². The van der Waals surface area contributed by atoms with Crippen LogP contribution in [0, 0.1) is 11.8 Å². The van der Waals surface area contributed by atoms with Gasteiger partial charge in [-0.3, -0.25) is 4.90 Å². The van der Waals surface area contributed by atoms with E-state index in [0.717, 1.165) is 29.3 Å². The first-order valence-corrected chi connectivity index (χ1v) is 11.2. The molecule has 3 unspecified atom stereocenters. The van der Waals surface area contributed by atoms with E-state index in [4.69, 9.17) is 11.6 Å². The number of hydrogen-bond donors (Lipinski definition) is 0. The molecule has 2 heterocycles. The van der Waals surface area contributed by atoms with Gasteiger partial charge in [-0.2, -0.15) is 0 Å². The molecule has 2 nitrogen and oxygen atoms in total. The lowest BCUT2D eigenvalue weighted by Gasteiger charge is -2.39. The maximum atomic E-state index is 6.39. The number of halogens is 1. The van der Waals surface area contributed by atoms with Gasteiger partial charge in [-0.25, -0.2) is 0 Å². The molecule has 3 atom stereocenters. The minimum atomic E-state index is 0.656. The molecular weight excluding hydrogens is 364 g/mol. The van der Waals surface area contributed by atoms with Crippen molar-refractivity contribution >= 4 is 11.6 Å². The summed E-state index contributed by atoms with van der Waals surface area (Å²) < 4.78 is 0. The summed E-state index contributed by atoms with van der Waals surface area (Å²) in [5, 5.41) is 0.898. The first kappa shape index (κ1) is 19.9. The minimum absolute atomic E-state index is 0.656. The smallest absolute Gasteiger partial charge is 0.0451 e. The molecule has 2 fully saturated rings. The largest absolute Gasteiger partial charge is 0.300 e. The topological polar surface area (TPSA) is 6.48 Å². The van der Waals surface area contributed by atoms with Crippen molar-refractivity contribution in [1.82, 2.24) is 9.80 Å². The Morgan fingerprint density at radius 3 is 2.36 bits per heavy atom. The minimum Gasteiger partial charge on any atom is -0.300 e. The van der Waals surface area contributed by atoms with Crippen LogP contribution in [0.4, 0.5) is 0 Å². The number of nitrogens with zero attached hydrogens (tertiary/aromatic N) is 2. The van der Waals surface area contributed by atoms with Crippen molar-refractivity contribution in [2.45, 2.75) is 45.2 Å². The van der Waals surface area contributed by atoms with Crippen molar-refractivity contribution in [3.8, 4) is 0 Å². The van der Waals surface area contributed by atoms with Gasteiger partial charge in [0.25, 0.3) is 0 Å². The SMILES string of the molecule is CC1CN(Cc2ccccc2Cl)CC1C(C)N1CCC(c2ccccc2)CC1. The molecule has 2 aromatic carbocycles. The van der Waals surface area contributed by atoms with E-state index in [-0.39, 0.29) is 0 Å². The summed E-state index contributed by atoms with van der Waals surface area (Å²) in [5.74, 6) is 2.22. The Morgan fingerprint density at radius 1 is 0.964 bits per heavy atom. The highest BCUT2D eigenvalue weighted by atomic mass is 35.5. The van der Waals surface area contributed by atoms with Gasteiger partial charge in [0.15, 0.2) is 0 Å². The van der Waals surface area contributed by atoms with Crippen molar-refractivity contribution in [3.63, 3.8) is 0 Å². The van der Waals surface area contributed by atoms with E-state index in [1.54, 1.807) is 0 Å². The third-order valence-electron chi connectivity index (χ3n) is 7.09. The van der Waals surface area contributed by atoms with Crippen LogP contribution in [0.25, 0.3) is 0 Å². The zero-order valence-electron chi connectivity index (χ0n) is 17.2. The number of piperidine rings is 1. The Kier molecular flexibility index (Phi) is 6.40. The van der Waals surface area contributed by atoms with Crippen LogP contribution in [0.15, 0.2) is 54.6 Å². The number of benzene rings is 2. The fourth-order valence-electron chi connectivity index (χ4n) is 5.36. The standard InChI is InChI=1S/C25H33ClN2/c1-19-16-27(17-23-10-6-7-11-25(23)26)18-24(19)20(2)28-14-12-22(13-15-28)21-8-4-3-5-9-21/h3-11,19-20,22,24H,12-18H2,1-2H3. The van der Waals surface area contributed by atoms with Crippen LogP contribution in [-0.2, 0) is 6.54 Å². The maximum Gasteiger partial charge on any atom is 0.0451 e. The number of rotatable bonds is 5. The summed E-state index contributed by atoms with van der Waals surface area (Å²) in [6, 6.07) is 20.0. The van der Waals surface area contributed by atoms with Crippen molar-refractivity contribution in [2.75, 3.05) is 26.2 Å². The third-order valence-corrected chi connectivity index (χ3v) is 7.46. The molecular formula is C25H33ClN2. The quantitative estimate of drug-likeness (QED) is 0.641. The Morgan fingerprint density at radius 2 is 1.64 bits per heavy atom. The van der Waals surface area contributed by atoms with E-state index >= 15 is 0 Å². The normalized spacial score (nSPS) is 25.8. The van der Waals surface area contributed by atoms with Crippen molar-refractivity contribution in [2.24, 2.45) is 11.8 Å². The zero-order chi connectivity index (χ0) is 19.5. The maximum absolute atomic E-state index is 6.39. The van der Waals surface area contributed by atoms with E-state index in [2.05, 4.69) is 66.1 Å². The molecule has 4 rings (SSSR count). The van der Waals surface area contributed by atoms with E-state index in [0.29, 0.717) is 6.04 Å². The average molecular weight is 397 g/mol. The molecule has 2 aliphatic heterocycles. The van der Waals surface area contributed by atoms with Gasteiger partial charge >= 0.3 is 0 Å². The Bertz CT molecular complexity index is 754. The molecule has 0 spiro atoms. The van der Waals surface area contributed by atoms with Gasteiger partial charge in [-0.15, -0.1) is 0 Å². The molecule has 28 heavy (non-hydrogen) atoms. The summed E-state index contributed by atoms with van der Waals surface area (Å²) in [6.07, 6.45) is 2.58. The number of likely N-dealkylation sites (tertiary alicyclic amines) is 2. The number of hydrogen-bond acceptors (Lipinski definition) is 2. The van der Waals surface area contributed by atoms with E-state index in [1.165, 1.54) is 50.1 Å². The highest BCUT2D eigenvalue weighted by molar-refractivity contribution is 6.31. The van der Waals surface area contributed by atoms with Gasteiger partial charge in [0.1, 0.15) is 0 Å². The molecule has 2 aromatic rings. The van der Waals surface area contributed by atoms with E-state index < -0.39 is 0 Å². The second kappa shape index (κ2) is 8.98. The van der Waals surface area contributed by atoms with Crippen molar-refractivity contribution < 1.29 is 0 Å². The summed E-state index contributed by atoms with van der Waals surface area (Å²) in [5.41, 5.74) is 2.78. The summed E-state index contributed by atoms with van der Waals surface area (Å²) in [6.45, 7) is 10.7. The van der Waals surface area contributed by atoms with Gasteiger partial charge < -0.3 is 4.90 Å². The molecule has 3 heteroatoms. The summed E-state index contributed by atoms with van der Waals surface area (Å²) >= 11 is 6.39. The van der Waals surface area contributed by atoms with Gasteiger partial charge in [0.05, 0.1) is 0 Å². The van der Waals surface area contributed by atoms with Crippen LogP contribution in [-0.4, -0.2) is 42.0 Å². The van der Waals surface area contributed by atoms with Crippen LogP contribution in [0.5, 0.6) is 0 Å². The van der Waals surface area contributed by atoms with Crippen LogP contribution in [0.3, 0.4) is 0 Å². The third kappa shape index (κ3) is 4.45. The molecule has 0 N–H and O–H groups in total. The van der Waals surface area contributed by atoms with Crippen LogP contribution in [0.2, 0.25) is 5.02 Å². The fourth-order valence-corrected chi connectivity index (χ4v) is 5.55. The summed E-state index contributed by atoms with van der Waals surface area (Å²) in [7, 11) is 0. The average Bonchev–Trinajstić information content (AvgIpc) is 3.10. The second-order valence-corrected chi connectivity index (χ2v) is 9.30. The fraction of sp³-hybridized carbons (Fsp3) is 0.520. The first-order valence-electron chi connectivity index (χ1n) is 10.9. The lowest BCUT2D eigenvalue weighted by atomic mass is 9.85. The van der Waals surface area contributed by atoms with Gasteiger partial charge in [0, 0.05) is 30.7 Å². The lowest BCUT2D eigenvalue weighted by molar-refractivity contribution is 0.109. The predicted octanol–water partition coefficient (Wildman–Crippen LogP) is 5.68.